The van der Waals surface area contributed by atoms with Crippen molar-refractivity contribution in [3.05, 3.63) is 78.0 Å². The first kappa shape index (κ1) is 11.9. The van der Waals surface area contributed by atoms with Crippen LogP contribution in [0.2, 0.25) is 0 Å². The first-order valence-corrected chi connectivity index (χ1v) is 6.50. The molecule has 0 aliphatic carbocycles. The van der Waals surface area contributed by atoms with Crippen LogP contribution in [0.1, 0.15) is 11.1 Å². The van der Waals surface area contributed by atoms with E-state index in [9.17, 15) is 0 Å². The molecule has 1 heterocycles. The summed E-state index contributed by atoms with van der Waals surface area (Å²) in [6, 6.07) is 20.9. The van der Waals surface area contributed by atoms with E-state index in [1.807, 2.05) is 18.3 Å². The lowest BCUT2D eigenvalue weighted by molar-refractivity contribution is 0.694. The van der Waals surface area contributed by atoms with Gasteiger partial charge in [-0.15, -0.1) is 0 Å². The first-order valence-electron chi connectivity index (χ1n) is 6.50. The molecule has 0 spiro atoms. The number of nitrogens with zero attached hydrogens (tertiary/aromatic N) is 1. The minimum atomic E-state index is 0.875. The SMILES string of the molecule is c1ccc(CNCc2ccc3ncccc3c2)cc1. The third kappa shape index (κ3) is 2.98. The van der Waals surface area contributed by atoms with Crippen LogP contribution >= 0.6 is 0 Å². The van der Waals surface area contributed by atoms with Crippen molar-refractivity contribution in [3.63, 3.8) is 0 Å². The molecular weight excluding hydrogens is 232 g/mol. The topological polar surface area (TPSA) is 24.9 Å². The van der Waals surface area contributed by atoms with Crippen LogP contribution in [0, 0.1) is 0 Å². The van der Waals surface area contributed by atoms with E-state index in [2.05, 4.69) is 58.8 Å². The van der Waals surface area contributed by atoms with Gasteiger partial charge in [0, 0.05) is 24.7 Å². The molecular formula is C17H16N2. The van der Waals surface area contributed by atoms with Gasteiger partial charge < -0.3 is 5.32 Å². The molecule has 1 N–H and O–H groups in total. The second kappa shape index (κ2) is 5.63. The normalized spacial score (nSPS) is 10.7. The molecule has 0 saturated heterocycles. The van der Waals surface area contributed by atoms with Crippen molar-refractivity contribution in [2.45, 2.75) is 13.1 Å². The molecule has 2 nitrogen and oxygen atoms in total. The number of pyridine rings is 1. The summed E-state index contributed by atoms with van der Waals surface area (Å²) in [5.74, 6) is 0. The summed E-state index contributed by atoms with van der Waals surface area (Å²) in [6.45, 7) is 1.77. The lowest BCUT2D eigenvalue weighted by Gasteiger charge is -2.06. The quantitative estimate of drug-likeness (QED) is 0.764. The molecule has 0 saturated carbocycles. The fourth-order valence-corrected chi connectivity index (χ4v) is 2.18. The minimum absolute atomic E-state index is 0.875. The van der Waals surface area contributed by atoms with Crippen LogP contribution < -0.4 is 5.32 Å². The lowest BCUT2D eigenvalue weighted by Crippen LogP contribution is -2.12. The van der Waals surface area contributed by atoms with E-state index in [4.69, 9.17) is 0 Å². The van der Waals surface area contributed by atoms with E-state index in [0.29, 0.717) is 0 Å². The molecule has 1 aromatic heterocycles. The maximum absolute atomic E-state index is 4.33. The average molecular weight is 248 g/mol. The summed E-state index contributed by atoms with van der Waals surface area (Å²) in [5, 5.41) is 4.66. The number of hydrogen-bond acceptors (Lipinski definition) is 2. The molecule has 3 aromatic rings. The zero-order chi connectivity index (χ0) is 12.9. The summed E-state index contributed by atoms with van der Waals surface area (Å²) < 4.78 is 0. The Labute approximate surface area is 113 Å². The van der Waals surface area contributed by atoms with Gasteiger partial charge in [0.05, 0.1) is 5.52 Å². The second-order valence-electron chi connectivity index (χ2n) is 4.62. The van der Waals surface area contributed by atoms with Crippen LogP contribution in [0.15, 0.2) is 66.9 Å². The van der Waals surface area contributed by atoms with Gasteiger partial charge in [0.15, 0.2) is 0 Å². The predicted octanol–water partition coefficient (Wildman–Crippen LogP) is 3.52. The Morgan fingerprint density at radius 2 is 1.63 bits per heavy atom. The Kier molecular flexibility index (Phi) is 3.52. The number of aromatic nitrogens is 1. The van der Waals surface area contributed by atoms with Crippen LogP contribution in [-0.2, 0) is 13.1 Å². The van der Waals surface area contributed by atoms with Crippen LogP contribution in [-0.4, -0.2) is 4.98 Å². The zero-order valence-corrected chi connectivity index (χ0v) is 10.7. The van der Waals surface area contributed by atoms with Gasteiger partial charge in [0.25, 0.3) is 0 Å². The number of fused-ring (bicyclic) bond motifs is 1. The smallest absolute Gasteiger partial charge is 0.0702 e. The number of benzene rings is 2. The monoisotopic (exact) mass is 248 g/mol. The maximum Gasteiger partial charge on any atom is 0.0702 e. The van der Waals surface area contributed by atoms with Crippen molar-refractivity contribution in [3.8, 4) is 0 Å². The number of nitrogens with one attached hydrogen (secondary N) is 1. The van der Waals surface area contributed by atoms with Crippen molar-refractivity contribution < 1.29 is 0 Å². The molecule has 0 radical (unpaired) electrons. The molecule has 0 bridgehead atoms. The molecule has 0 atom stereocenters. The molecule has 19 heavy (non-hydrogen) atoms. The van der Waals surface area contributed by atoms with Gasteiger partial charge >= 0.3 is 0 Å². The molecule has 2 heteroatoms. The Morgan fingerprint density at radius 3 is 2.53 bits per heavy atom. The molecule has 0 aliphatic heterocycles. The van der Waals surface area contributed by atoms with E-state index >= 15 is 0 Å². The van der Waals surface area contributed by atoms with Gasteiger partial charge in [-0.25, -0.2) is 0 Å². The van der Waals surface area contributed by atoms with E-state index < -0.39 is 0 Å². The fourth-order valence-electron chi connectivity index (χ4n) is 2.18. The summed E-state index contributed by atoms with van der Waals surface area (Å²) in [7, 11) is 0. The third-order valence-electron chi connectivity index (χ3n) is 3.17. The predicted molar refractivity (Wildman–Crippen MR) is 78.7 cm³/mol. The van der Waals surface area contributed by atoms with Gasteiger partial charge in [-0.05, 0) is 29.3 Å². The molecule has 2 aromatic carbocycles. The molecule has 0 unspecified atom stereocenters. The Morgan fingerprint density at radius 1 is 0.789 bits per heavy atom. The van der Waals surface area contributed by atoms with Crippen LogP contribution in [0.25, 0.3) is 10.9 Å². The van der Waals surface area contributed by atoms with Gasteiger partial charge in [-0.1, -0.05) is 42.5 Å². The largest absolute Gasteiger partial charge is 0.309 e. The summed E-state index contributed by atoms with van der Waals surface area (Å²) in [5.41, 5.74) is 3.65. The Bertz CT molecular complexity index is 662. The van der Waals surface area contributed by atoms with Gasteiger partial charge in [-0.2, -0.15) is 0 Å². The second-order valence-corrected chi connectivity index (χ2v) is 4.62. The van der Waals surface area contributed by atoms with Crippen molar-refractivity contribution in [1.82, 2.24) is 10.3 Å². The maximum atomic E-state index is 4.33. The van der Waals surface area contributed by atoms with Gasteiger partial charge in [-0.3, -0.25) is 4.98 Å². The average Bonchev–Trinajstić information content (AvgIpc) is 2.48. The highest BCUT2D eigenvalue weighted by Crippen LogP contribution is 2.13. The molecule has 0 aliphatic rings. The standard InChI is InChI=1S/C17H16N2/c1-2-5-14(6-3-1)12-18-13-15-8-9-17-16(11-15)7-4-10-19-17/h1-11,18H,12-13H2. The van der Waals surface area contributed by atoms with E-state index in [1.165, 1.54) is 16.5 Å². The minimum Gasteiger partial charge on any atom is -0.309 e. The zero-order valence-electron chi connectivity index (χ0n) is 10.7. The number of rotatable bonds is 4. The van der Waals surface area contributed by atoms with E-state index in [0.717, 1.165) is 18.6 Å². The highest BCUT2D eigenvalue weighted by Gasteiger charge is 1.97. The third-order valence-corrected chi connectivity index (χ3v) is 3.17. The van der Waals surface area contributed by atoms with E-state index in [-0.39, 0.29) is 0 Å². The van der Waals surface area contributed by atoms with Crippen LogP contribution in [0.5, 0.6) is 0 Å². The van der Waals surface area contributed by atoms with Crippen molar-refractivity contribution in [1.29, 1.82) is 0 Å². The Hall–Kier alpha value is -2.19. The first-order chi connectivity index (χ1) is 9.42. The van der Waals surface area contributed by atoms with Crippen LogP contribution in [0.4, 0.5) is 0 Å². The van der Waals surface area contributed by atoms with Gasteiger partial charge in [0.1, 0.15) is 0 Å². The molecule has 3 rings (SSSR count). The molecule has 0 fully saturated rings. The number of hydrogen-bond donors (Lipinski definition) is 1. The molecule has 94 valence electrons. The highest BCUT2D eigenvalue weighted by molar-refractivity contribution is 5.78. The summed E-state index contributed by atoms with van der Waals surface area (Å²) in [6.07, 6.45) is 1.83. The van der Waals surface area contributed by atoms with Crippen molar-refractivity contribution >= 4 is 10.9 Å². The fraction of sp³-hybridized carbons (Fsp3) is 0.118. The van der Waals surface area contributed by atoms with E-state index in [1.54, 1.807) is 0 Å². The van der Waals surface area contributed by atoms with Crippen molar-refractivity contribution in [2.24, 2.45) is 0 Å². The summed E-state index contributed by atoms with van der Waals surface area (Å²) >= 11 is 0. The van der Waals surface area contributed by atoms with Crippen LogP contribution in [0.3, 0.4) is 0 Å². The Balaban J connectivity index is 1.65. The highest BCUT2D eigenvalue weighted by atomic mass is 14.8. The molecule has 0 amide bonds. The van der Waals surface area contributed by atoms with Gasteiger partial charge in [0.2, 0.25) is 0 Å². The summed E-state index contributed by atoms with van der Waals surface area (Å²) in [4.78, 5) is 4.33. The van der Waals surface area contributed by atoms with Crippen molar-refractivity contribution in [2.75, 3.05) is 0 Å². The lowest BCUT2D eigenvalue weighted by atomic mass is 10.1.